The quantitative estimate of drug-likeness (QED) is 0.742. The van der Waals surface area contributed by atoms with E-state index in [2.05, 4.69) is 0 Å². The number of benzene rings is 1. The lowest BCUT2D eigenvalue weighted by Crippen LogP contribution is -2.45. The first-order valence-corrected chi connectivity index (χ1v) is 8.86. The number of carbonyl (C=O) groups excluding carboxylic acids is 1. The minimum Gasteiger partial charge on any atom is -0.396 e. The van der Waals surface area contributed by atoms with Crippen molar-refractivity contribution in [3.05, 3.63) is 29.3 Å². The SMILES string of the molecule is O=C(CCSc1ccc(Cl)cc1)N(CCCO)C1CCC1. The third kappa shape index (κ3) is 5.20. The lowest BCUT2D eigenvalue weighted by molar-refractivity contribution is -0.134. The second-order valence-corrected chi connectivity index (χ2v) is 6.91. The highest BCUT2D eigenvalue weighted by Crippen LogP contribution is 2.26. The van der Waals surface area contributed by atoms with Crippen LogP contribution in [-0.4, -0.2) is 40.9 Å². The zero-order chi connectivity index (χ0) is 15.1. The third-order valence-electron chi connectivity index (χ3n) is 3.79. The molecule has 3 nitrogen and oxygen atoms in total. The summed E-state index contributed by atoms with van der Waals surface area (Å²) in [6, 6.07) is 8.10. The molecule has 0 radical (unpaired) electrons. The smallest absolute Gasteiger partial charge is 0.223 e. The van der Waals surface area contributed by atoms with Gasteiger partial charge >= 0.3 is 0 Å². The molecular weight excluding hydrogens is 306 g/mol. The van der Waals surface area contributed by atoms with Crippen LogP contribution in [0, 0.1) is 0 Å². The van der Waals surface area contributed by atoms with E-state index < -0.39 is 0 Å². The van der Waals surface area contributed by atoms with Crippen LogP contribution in [0.3, 0.4) is 0 Å². The molecule has 0 atom stereocenters. The largest absolute Gasteiger partial charge is 0.396 e. The maximum Gasteiger partial charge on any atom is 0.223 e. The molecule has 5 heteroatoms. The Bertz CT molecular complexity index is 448. The number of aliphatic hydroxyl groups excluding tert-OH is 1. The fourth-order valence-electron chi connectivity index (χ4n) is 2.38. The van der Waals surface area contributed by atoms with Crippen LogP contribution in [0.4, 0.5) is 0 Å². The van der Waals surface area contributed by atoms with Crippen LogP contribution in [0.5, 0.6) is 0 Å². The van der Waals surface area contributed by atoms with E-state index in [4.69, 9.17) is 16.7 Å². The summed E-state index contributed by atoms with van der Waals surface area (Å²) >= 11 is 7.53. The second kappa shape index (κ2) is 8.66. The predicted octanol–water partition coefficient (Wildman–Crippen LogP) is 3.59. The minimum absolute atomic E-state index is 0.149. The normalized spacial score (nSPS) is 14.8. The summed E-state index contributed by atoms with van der Waals surface area (Å²) in [5, 5.41) is 9.70. The maximum atomic E-state index is 12.3. The monoisotopic (exact) mass is 327 g/mol. The van der Waals surface area contributed by atoms with Crippen molar-refractivity contribution in [2.45, 2.75) is 43.0 Å². The van der Waals surface area contributed by atoms with Crippen molar-refractivity contribution in [3.8, 4) is 0 Å². The summed E-state index contributed by atoms with van der Waals surface area (Å²) in [5.74, 6) is 0.998. The summed E-state index contributed by atoms with van der Waals surface area (Å²) in [5.41, 5.74) is 0. The zero-order valence-electron chi connectivity index (χ0n) is 12.1. The number of nitrogens with zero attached hydrogens (tertiary/aromatic N) is 1. The summed E-state index contributed by atoms with van der Waals surface area (Å²) in [4.78, 5) is 15.4. The van der Waals surface area contributed by atoms with E-state index in [9.17, 15) is 4.79 Å². The summed E-state index contributed by atoms with van der Waals surface area (Å²) in [6.45, 7) is 0.835. The van der Waals surface area contributed by atoms with Crippen LogP contribution in [-0.2, 0) is 4.79 Å². The number of aliphatic hydroxyl groups is 1. The lowest BCUT2D eigenvalue weighted by Gasteiger charge is -2.37. The minimum atomic E-state index is 0.149. The predicted molar refractivity (Wildman–Crippen MR) is 87.8 cm³/mol. The Morgan fingerprint density at radius 2 is 2.05 bits per heavy atom. The Morgan fingerprint density at radius 1 is 1.33 bits per heavy atom. The molecule has 1 amide bonds. The molecule has 0 spiro atoms. The van der Waals surface area contributed by atoms with Gasteiger partial charge in [-0.1, -0.05) is 11.6 Å². The topological polar surface area (TPSA) is 40.5 Å². The highest BCUT2D eigenvalue weighted by Gasteiger charge is 2.27. The van der Waals surface area contributed by atoms with Crippen LogP contribution in [0.1, 0.15) is 32.1 Å². The molecule has 1 aromatic carbocycles. The molecule has 1 aromatic rings. The fourth-order valence-corrected chi connectivity index (χ4v) is 3.35. The molecule has 1 N–H and O–H groups in total. The average Bonchev–Trinajstić information content (AvgIpc) is 2.43. The van der Waals surface area contributed by atoms with E-state index in [1.807, 2.05) is 29.2 Å². The Balaban J connectivity index is 1.77. The maximum absolute atomic E-state index is 12.3. The van der Waals surface area contributed by atoms with Crippen molar-refractivity contribution in [2.75, 3.05) is 18.9 Å². The van der Waals surface area contributed by atoms with Gasteiger partial charge in [0.25, 0.3) is 0 Å². The summed E-state index contributed by atoms with van der Waals surface area (Å²) in [6.07, 6.45) is 4.66. The number of halogens is 1. The van der Waals surface area contributed by atoms with Gasteiger partial charge in [0.15, 0.2) is 0 Å². The molecule has 0 bridgehead atoms. The van der Waals surface area contributed by atoms with Gasteiger partial charge in [0.05, 0.1) is 0 Å². The first-order chi connectivity index (χ1) is 10.2. The summed E-state index contributed by atoms with van der Waals surface area (Å²) in [7, 11) is 0. The van der Waals surface area contributed by atoms with Crippen LogP contribution < -0.4 is 0 Å². The highest BCUT2D eigenvalue weighted by molar-refractivity contribution is 7.99. The second-order valence-electron chi connectivity index (χ2n) is 5.30. The molecule has 1 saturated carbocycles. The molecule has 0 aliphatic heterocycles. The summed E-state index contributed by atoms with van der Waals surface area (Å²) < 4.78 is 0. The van der Waals surface area contributed by atoms with E-state index in [1.165, 1.54) is 6.42 Å². The van der Waals surface area contributed by atoms with Crippen molar-refractivity contribution in [3.63, 3.8) is 0 Å². The Morgan fingerprint density at radius 3 is 2.62 bits per heavy atom. The van der Waals surface area contributed by atoms with Crippen molar-refractivity contribution < 1.29 is 9.90 Å². The van der Waals surface area contributed by atoms with Crippen LogP contribution in [0.15, 0.2) is 29.2 Å². The van der Waals surface area contributed by atoms with Crippen molar-refractivity contribution >= 4 is 29.3 Å². The fraction of sp³-hybridized carbons (Fsp3) is 0.562. The van der Waals surface area contributed by atoms with Gasteiger partial charge in [-0.2, -0.15) is 0 Å². The van der Waals surface area contributed by atoms with Crippen molar-refractivity contribution in [1.82, 2.24) is 4.90 Å². The standard InChI is InChI=1S/C16H22ClNO2S/c17-13-5-7-15(8-6-13)21-12-9-16(20)18(10-2-11-19)14-3-1-4-14/h5-8,14,19H,1-4,9-12H2. The Labute approximate surface area is 135 Å². The first kappa shape index (κ1) is 16.7. The van der Waals surface area contributed by atoms with Gasteiger partial charge in [-0.05, 0) is 49.9 Å². The van der Waals surface area contributed by atoms with Gasteiger partial charge in [0.1, 0.15) is 0 Å². The van der Waals surface area contributed by atoms with Gasteiger partial charge in [0.2, 0.25) is 5.91 Å². The highest BCUT2D eigenvalue weighted by atomic mass is 35.5. The molecule has 0 unspecified atom stereocenters. The molecule has 0 aromatic heterocycles. The number of carbonyl (C=O) groups is 1. The molecule has 1 aliphatic carbocycles. The molecule has 0 saturated heterocycles. The first-order valence-electron chi connectivity index (χ1n) is 7.49. The van der Waals surface area contributed by atoms with Gasteiger partial charge in [-0.3, -0.25) is 4.79 Å². The number of hydrogen-bond acceptors (Lipinski definition) is 3. The van der Waals surface area contributed by atoms with E-state index in [0.717, 1.165) is 28.5 Å². The molecule has 1 aliphatic rings. The number of amides is 1. The number of thioether (sulfide) groups is 1. The Kier molecular flexibility index (Phi) is 6.87. The van der Waals surface area contributed by atoms with E-state index in [0.29, 0.717) is 25.4 Å². The zero-order valence-corrected chi connectivity index (χ0v) is 13.7. The van der Waals surface area contributed by atoms with Crippen molar-refractivity contribution in [2.24, 2.45) is 0 Å². The molecule has 1 fully saturated rings. The van der Waals surface area contributed by atoms with E-state index >= 15 is 0 Å². The average molecular weight is 328 g/mol. The van der Waals surface area contributed by atoms with Crippen LogP contribution >= 0.6 is 23.4 Å². The molecule has 0 heterocycles. The van der Waals surface area contributed by atoms with Gasteiger partial charge in [-0.25, -0.2) is 0 Å². The number of hydrogen-bond donors (Lipinski definition) is 1. The third-order valence-corrected chi connectivity index (χ3v) is 5.06. The van der Waals surface area contributed by atoms with Gasteiger partial charge in [0, 0.05) is 41.3 Å². The molecule has 2 rings (SSSR count). The lowest BCUT2D eigenvalue weighted by atomic mass is 9.91. The van der Waals surface area contributed by atoms with Crippen LogP contribution in [0.2, 0.25) is 5.02 Å². The molecule has 21 heavy (non-hydrogen) atoms. The Hall–Kier alpha value is -0.710. The molecular formula is C16H22ClNO2S. The van der Waals surface area contributed by atoms with Crippen molar-refractivity contribution in [1.29, 1.82) is 0 Å². The van der Waals surface area contributed by atoms with Gasteiger partial charge in [-0.15, -0.1) is 11.8 Å². The van der Waals surface area contributed by atoms with E-state index in [-0.39, 0.29) is 12.5 Å². The van der Waals surface area contributed by atoms with Crippen LogP contribution in [0.25, 0.3) is 0 Å². The van der Waals surface area contributed by atoms with Gasteiger partial charge < -0.3 is 10.0 Å². The molecule has 116 valence electrons. The van der Waals surface area contributed by atoms with E-state index in [1.54, 1.807) is 11.8 Å². The number of rotatable bonds is 8.